The van der Waals surface area contributed by atoms with Crippen LogP contribution in [0.15, 0.2) is 24.3 Å². The van der Waals surface area contributed by atoms with Gasteiger partial charge in [0.15, 0.2) is 0 Å². The van der Waals surface area contributed by atoms with Gasteiger partial charge in [0, 0.05) is 5.56 Å². The zero-order valence-electron chi connectivity index (χ0n) is 12.9. The Morgan fingerprint density at radius 2 is 1.82 bits per heavy atom. The van der Waals surface area contributed by atoms with Gasteiger partial charge in [-0.1, -0.05) is 0 Å². The van der Waals surface area contributed by atoms with Crippen LogP contribution in [0.2, 0.25) is 0 Å². The number of hydrogen-bond donors (Lipinski definition) is 1. The van der Waals surface area contributed by atoms with Gasteiger partial charge in [0.25, 0.3) is 0 Å². The number of carbonyl (C=O) groups excluding carboxylic acids is 1. The van der Waals surface area contributed by atoms with Gasteiger partial charge in [0.1, 0.15) is 11.3 Å². The molecule has 0 spiro atoms. The maximum atomic E-state index is 12.2. The second kappa shape index (κ2) is 6.89. The van der Waals surface area contributed by atoms with E-state index < -0.39 is 5.97 Å². The molecular weight excluding hydrogens is 282 g/mol. The van der Waals surface area contributed by atoms with Crippen molar-refractivity contribution in [1.29, 1.82) is 0 Å². The first-order chi connectivity index (χ1) is 10.6. The smallest absolute Gasteiger partial charge is 0.342 e. The Morgan fingerprint density at radius 1 is 1.14 bits per heavy atom. The molecule has 1 aromatic carbocycles. The minimum absolute atomic E-state index is 0.120. The molecule has 0 atom stereocenters. The lowest BCUT2D eigenvalue weighted by atomic mass is 10.0. The fourth-order valence-electron chi connectivity index (χ4n) is 2.13. The number of hydrogen-bond acceptors (Lipinski definition) is 6. The highest BCUT2D eigenvalue weighted by Crippen LogP contribution is 2.27. The van der Waals surface area contributed by atoms with Crippen molar-refractivity contribution in [3.8, 4) is 17.0 Å². The number of carbonyl (C=O) groups is 1. The minimum Gasteiger partial charge on any atom is -0.494 e. The van der Waals surface area contributed by atoms with Crippen molar-refractivity contribution < 1.29 is 14.3 Å². The van der Waals surface area contributed by atoms with Gasteiger partial charge in [0.05, 0.1) is 24.6 Å². The van der Waals surface area contributed by atoms with Gasteiger partial charge in [-0.15, -0.1) is 0 Å². The normalized spacial score (nSPS) is 10.3. The molecule has 0 bridgehead atoms. The summed E-state index contributed by atoms with van der Waals surface area (Å²) < 4.78 is 10.5. The summed E-state index contributed by atoms with van der Waals surface area (Å²) in [4.78, 5) is 20.4. The fraction of sp³-hybridized carbons (Fsp3) is 0.312. The minimum atomic E-state index is -0.455. The maximum Gasteiger partial charge on any atom is 0.342 e. The molecule has 0 aliphatic carbocycles. The highest BCUT2D eigenvalue weighted by Gasteiger charge is 2.20. The van der Waals surface area contributed by atoms with Gasteiger partial charge in [-0.3, -0.25) is 0 Å². The third-order valence-electron chi connectivity index (χ3n) is 3.03. The lowest BCUT2D eigenvalue weighted by Gasteiger charge is -2.12. The summed E-state index contributed by atoms with van der Waals surface area (Å²) in [6, 6.07) is 7.30. The molecule has 116 valence electrons. The largest absolute Gasteiger partial charge is 0.494 e. The Labute approximate surface area is 129 Å². The van der Waals surface area contributed by atoms with E-state index in [1.165, 1.54) is 0 Å². The summed E-state index contributed by atoms with van der Waals surface area (Å²) in [5.41, 5.74) is 7.76. The van der Waals surface area contributed by atoms with Crippen molar-refractivity contribution in [3.05, 3.63) is 35.5 Å². The SMILES string of the molecule is CCOC(=O)c1c(C)nc(N)nc1-c1ccc(OCC)cc1. The molecule has 0 aliphatic rings. The van der Waals surface area contributed by atoms with Crippen LogP contribution in [0.5, 0.6) is 5.75 Å². The molecule has 0 amide bonds. The second-order valence-electron chi connectivity index (χ2n) is 4.57. The molecule has 2 aromatic rings. The third kappa shape index (κ3) is 3.33. The topological polar surface area (TPSA) is 87.3 Å². The van der Waals surface area contributed by atoms with Crippen molar-refractivity contribution in [2.24, 2.45) is 0 Å². The van der Waals surface area contributed by atoms with E-state index in [2.05, 4.69) is 9.97 Å². The fourth-order valence-corrected chi connectivity index (χ4v) is 2.13. The number of ether oxygens (including phenoxy) is 2. The summed E-state index contributed by atoms with van der Waals surface area (Å²) in [6.07, 6.45) is 0. The van der Waals surface area contributed by atoms with Crippen LogP contribution < -0.4 is 10.5 Å². The van der Waals surface area contributed by atoms with Crippen LogP contribution in [0.25, 0.3) is 11.3 Å². The van der Waals surface area contributed by atoms with Crippen LogP contribution in [0.3, 0.4) is 0 Å². The van der Waals surface area contributed by atoms with Gasteiger partial charge >= 0.3 is 5.97 Å². The van der Waals surface area contributed by atoms with Gasteiger partial charge in [-0.25, -0.2) is 14.8 Å². The number of nitrogens with two attached hydrogens (primary N) is 1. The average molecular weight is 301 g/mol. The predicted octanol–water partition coefficient (Wildman–Crippen LogP) is 2.61. The second-order valence-corrected chi connectivity index (χ2v) is 4.57. The van der Waals surface area contributed by atoms with Crippen molar-refractivity contribution in [3.63, 3.8) is 0 Å². The van der Waals surface area contributed by atoms with Crippen molar-refractivity contribution in [2.75, 3.05) is 18.9 Å². The third-order valence-corrected chi connectivity index (χ3v) is 3.03. The molecule has 2 N–H and O–H groups in total. The molecule has 1 aromatic heterocycles. The quantitative estimate of drug-likeness (QED) is 0.854. The van der Waals surface area contributed by atoms with Crippen molar-refractivity contribution in [2.45, 2.75) is 20.8 Å². The number of nitrogens with zero attached hydrogens (tertiary/aromatic N) is 2. The van der Waals surface area contributed by atoms with E-state index >= 15 is 0 Å². The Morgan fingerprint density at radius 3 is 2.41 bits per heavy atom. The highest BCUT2D eigenvalue weighted by atomic mass is 16.5. The van der Waals surface area contributed by atoms with Crippen LogP contribution in [0.4, 0.5) is 5.95 Å². The molecule has 1 heterocycles. The van der Waals surface area contributed by atoms with Crippen molar-refractivity contribution in [1.82, 2.24) is 9.97 Å². The van der Waals surface area contributed by atoms with Gasteiger partial charge in [-0.2, -0.15) is 0 Å². The molecule has 0 unspecified atom stereocenters. The summed E-state index contributed by atoms with van der Waals surface area (Å²) >= 11 is 0. The lowest BCUT2D eigenvalue weighted by molar-refractivity contribution is 0.0525. The summed E-state index contributed by atoms with van der Waals surface area (Å²) in [6.45, 7) is 6.25. The number of nitrogen functional groups attached to an aromatic ring is 1. The van der Waals surface area contributed by atoms with E-state index in [4.69, 9.17) is 15.2 Å². The van der Waals surface area contributed by atoms with Crippen LogP contribution >= 0.6 is 0 Å². The Kier molecular flexibility index (Phi) is 4.93. The number of benzene rings is 1. The average Bonchev–Trinajstić information content (AvgIpc) is 2.47. The molecule has 6 heteroatoms. The monoisotopic (exact) mass is 301 g/mol. The molecule has 6 nitrogen and oxygen atoms in total. The first-order valence-electron chi connectivity index (χ1n) is 7.11. The predicted molar refractivity (Wildman–Crippen MR) is 83.7 cm³/mol. The zero-order chi connectivity index (χ0) is 16.1. The molecule has 2 rings (SSSR count). The first-order valence-corrected chi connectivity index (χ1v) is 7.11. The number of rotatable bonds is 5. The van der Waals surface area contributed by atoms with E-state index in [9.17, 15) is 4.79 Å². The molecule has 0 radical (unpaired) electrons. The first kappa shape index (κ1) is 15.8. The summed E-state index contributed by atoms with van der Waals surface area (Å²) in [5.74, 6) is 0.418. The zero-order valence-corrected chi connectivity index (χ0v) is 12.9. The molecule has 0 saturated carbocycles. The summed E-state index contributed by atoms with van der Waals surface area (Å²) in [5, 5.41) is 0. The molecule has 0 saturated heterocycles. The number of aryl methyl sites for hydroxylation is 1. The Hall–Kier alpha value is -2.63. The standard InChI is InChI=1S/C16H19N3O3/c1-4-21-12-8-6-11(7-9-12)14-13(15(20)22-5-2)10(3)18-16(17)19-14/h6-9H,4-5H2,1-3H3,(H2,17,18,19). The molecular formula is C16H19N3O3. The van der Waals surface area contributed by atoms with Crippen LogP contribution in [0, 0.1) is 6.92 Å². The van der Waals surface area contributed by atoms with E-state index in [0.717, 1.165) is 11.3 Å². The number of esters is 1. The van der Waals surface area contributed by atoms with E-state index in [-0.39, 0.29) is 12.6 Å². The lowest BCUT2D eigenvalue weighted by Crippen LogP contribution is -2.13. The van der Waals surface area contributed by atoms with Crippen molar-refractivity contribution >= 4 is 11.9 Å². The maximum absolute atomic E-state index is 12.2. The van der Waals surface area contributed by atoms with Crippen LogP contribution in [-0.4, -0.2) is 29.2 Å². The van der Waals surface area contributed by atoms with Gasteiger partial charge < -0.3 is 15.2 Å². The van der Waals surface area contributed by atoms with Crippen LogP contribution in [-0.2, 0) is 4.74 Å². The highest BCUT2D eigenvalue weighted by molar-refractivity contribution is 5.97. The van der Waals surface area contributed by atoms with E-state index in [1.54, 1.807) is 13.8 Å². The number of anilines is 1. The Balaban J connectivity index is 2.50. The number of aromatic nitrogens is 2. The van der Waals surface area contributed by atoms with E-state index in [1.807, 2.05) is 31.2 Å². The Bertz CT molecular complexity index is 669. The van der Waals surface area contributed by atoms with Gasteiger partial charge in [0.2, 0.25) is 5.95 Å². The summed E-state index contributed by atoms with van der Waals surface area (Å²) in [7, 11) is 0. The van der Waals surface area contributed by atoms with E-state index in [0.29, 0.717) is 23.6 Å². The molecule has 0 fully saturated rings. The van der Waals surface area contributed by atoms with Gasteiger partial charge in [-0.05, 0) is 45.0 Å². The molecule has 22 heavy (non-hydrogen) atoms. The molecule has 0 aliphatic heterocycles. The van der Waals surface area contributed by atoms with Crippen LogP contribution in [0.1, 0.15) is 29.9 Å².